The molecule has 5 nitrogen and oxygen atoms in total. The molecule has 2 aromatic heterocycles. The van der Waals surface area contributed by atoms with E-state index in [1.165, 1.54) is 0 Å². The molecule has 8 heteroatoms. The van der Waals surface area contributed by atoms with Crippen LogP contribution in [0.15, 0.2) is 30.7 Å². The summed E-state index contributed by atoms with van der Waals surface area (Å²) in [6.07, 6.45) is 8.01. The van der Waals surface area contributed by atoms with Crippen LogP contribution in [0.1, 0.15) is 19.8 Å². The van der Waals surface area contributed by atoms with E-state index in [-0.39, 0.29) is 17.0 Å². The van der Waals surface area contributed by atoms with Crippen molar-refractivity contribution in [3.8, 4) is 5.69 Å². The van der Waals surface area contributed by atoms with E-state index in [0.29, 0.717) is 30.8 Å². The summed E-state index contributed by atoms with van der Waals surface area (Å²) in [5.41, 5.74) is 1.30. The maximum atomic E-state index is 12.8. The van der Waals surface area contributed by atoms with Crippen LogP contribution in [-0.2, 0) is 4.79 Å². The molecule has 0 N–H and O–H groups in total. The van der Waals surface area contributed by atoms with Crippen LogP contribution in [0.25, 0.3) is 5.69 Å². The fourth-order valence-corrected chi connectivity index (χ4v) is 3.32. The number of anilines is 1. The highest BCUT2D eigenvalue weighted by Crippen LogP contribution is 2.28. The molecule has 1 unspecified atom stereocenters. The van der Waals surface area contributed by atoms with Crippen molar-refractivity contribution in [3.63, 3.8) is 0 Å². The Morgan fingerprint density at radius 2 is 2.28 bits per heavy atom. The van der Waals surface area contributed by atoms with Gasteiger partial charge in [0.05, 0.1) is 24.8 Å². The first-order valence-corrected chi connectivity index (χ1v) is 9.87. The zero-order valence-electron chi connectivity index (χ0n) is 14.4. The number of nitrogens with zero attached hydrogens (tertiary/aromatic N) is 4. The Labute approximate surface area is 156 Å². The van der Waals surface area contributed by atoms with E-state index in [1.807, 2.05) is 19.2 Å². The number of unbranched alkanes of at least 4 members (excludes halogenated alkanes) is 1. The van der Waals surface area contributed by atoms with Gasteiger partial charge in [-0.05, 0) is 31.2 Å². The number of halogens is 2. The predicted molar refractivity (Wildman–Crippen MR) is 101 cm³/mol. The standard InChI is InChI=1S/C17H22ClFN4OS/c1-13(12-25-2)17(24)22(9-4-3-7-19)15-11-23(21-16(15)18)14-6-5-8-20-10-14/h5-6,8,10-11,13H,3-4,7,9,12H2,1-2H3. The Morgan fingerprint density at radius 3 is 2.92 bits per heavy atom. The summed E-state index contributed by atoms with van der Waals surface area (Å²) in [6, 6.07) is 3.65. The van der Waals surface area contributed by atoms with Crippen molar-refractivity contribution in [3.05, 3.63) is 35.9 Å². The first kappa shape index (κ1) is 19.7. The van der Waals surface area contributed by atoms with Crippen LogP contribution in [0.2, 0.25) is 5.15 Å². The maximum absolute atomic E-state index is 12.8. The van der Waals surface area contributed by atoms with Crippen molar-refractivity contribution in [2.24, 2.45) is 5.92 Å². The number of alkyl halides is 1. The van der Waals surface area contributed by atoms with Gasteiger partial charge in [-0.1, -0.05) is 18.5 Å². The van der Waals surface area contributed by atoms with E-state index in [9.17, 15) is 9.18 Å². The molecule has 0 spiro atoms. The van der Waals surface area contributed by atoms with Gasteiger partial charge in [0, 0.05) is 24.4 Å². The lowest BCUT2D eigenvalue weighted by Crippen LogP contribution is -2.37. The molecule has 0 aliphatic rings. The summed E-state index contributed by atoms with van der Waals surface area (Å²) in [5.74, 6) is 0.534. The van der Waals surface area contributed by atoms with Crippen molar-refractivity contribution in [2.45, 2.75) is 19.8 Å². The van der Waals surface area contributed by atoms with Gasteiger partial charge in [0.25, 0.3) is 0 Å². The number of hydrogen-bond acceptors (Lipinski definition) is 4. The Morgan fingerprint density at radius 1 is 1.48 bits per heavy atom. The zero-order valence-corrected chi connectivity index (χ0v) is 15.9. The van der Waals surface area contributed by atoms with E-state index >= 15 is 0 Å². The molecule has 1 amide bonds. The van der Waals surface area contributed by atoms with Crippen LogP contribution in [0, 0.1) is 5.92 Å². The molecule has 0 bridgehead atoms. The van der Waals surface area contributed by atoms with Crippen molar-refractivity contribution in [2.75, 3.05) is 30.1 Å². The van der Waals surface area contributed by atoms with Crippen LogP contribution in [0.4, 0.5) is 10.1 Å². The average Bonchev–Trinajstić information content (AvgIpc) is 3.01. The van der Waals surface area contributed by atoms with Crippen molar-refractivity contribution < 1.29 is 9.18 Å². The van der Waals surface area contributed by atoms with Gasteiger partial charge in [-0.15, -0.1) is 0 Å². The molecule has 0 saturated carbocycles. The average molecular weight is 385 g/mol. The first-order chi connectivity index (χ1) is 12.1. The molecule has 0 fully saturated rings. The highest BCUT2D eigenvalue weighted by Gasteiger charge is 2.25. The van der Waals surface area contributed by atoms with E-state index in [1.54, 1.807) is 46.0 Å². The fourth-order valence-electron chi connectivity index (χ4n) is 2.45. The van der Waals surface area contributed by atoms with Crippen LogP contribution in [0.5, 0.6) is 0 Å². The summed E-state index contributed by atoms with van der Waals surface area (Å²) >= 11 is 7.92. The number of amides is 1. The van der Waals surface area contributed by atoms with Gasteiger partial charge in [-0.3, -0.25) is 14.2 Å². The predicted octanol–water partition coefficient (Wildman–Crippen LogP) is 4.00. The lowest BCUT2D eigenvalue weighted by molar-refractivity contribution is -0.121. The number of carbonyl (C=O) groups excluding carboxylic acids is 1. The first-order valence-electron chi connectivity index (χ1n) is 8.10. The third-order valence-electron chi connectivity index (χ3n) is 3.72. The summed E-state index contributed by atoms with van der Waals surface area (Å²) in [7, 11) is 0. The molecule has 0 saturated heterocycles. The number of hydrogen-bond donors (Lipinski definition) is 0. The molecule has 2 heterocycles. The Balaban J connectivity index is 2.30. The minimum atomic E-state index is -0.398. The summed E-state index contributed by atoms with van der Waals surface area (Å²) in [5, 5.41) is 4.53. The minimum Gasteiger partial charge on any atom is -0.308 e. The van der Waals surface area contributed by atoms with Gasteiger partial charge in [-0.25, -0.2) is 4.68 Å². The second-order valence-corrected chi connectivity index (χ2v) is 6.97. The van der Waals surface area contributed by atoms with E-state index in [2.05, 4.69) is 10.1 Å². The number of carbonyl (C=O) groups is 1. The fraction of sp³-hybridized carbons (Fsp3) is 0.471. The minimum absolute atomic E-state index is 0.0270. The SMILES string of the molecule is CSCC(C)C(=O)N(CCCCF)c1cn(-c2cccnc2)nc1Cl. The van der Waals surface area contributed by atoms with Crippen molar-refractivity contribution in [1.29, 1.82) is 0 Å². The number of pyridine rings is 1. The van der Waals surface area contributed by atoms with Crippen LogP contribution < -0.4 is 4.90 Å². The zero-order chi connectivity index (χ0) is 18.2. The Hall–Kier alpha value is -1.60. The monoisotopic (exact) mass is 384 g/mol. The van der Waals surface area contributed by atoms with Gasteiger partial charge in [0.1, 0.15) is 5.69 Å². The largest absolute Gasteiger partial charge is 0.308 e. The summed E-state index contributed by atoms with van der Waals surface area (Å²) in [4.78, 5) is 18.5. The molecule has 2 rings (SSSR count). The van der Waals surface area contributed by atoms with Gasteiger partial charge < -0.3 is 4.90 Å². The molecular formula is C17H22ClFN4OS. The summed E-state index contributed by atoms with van der Waals surface area (Å²) < 4.78 is 14.1. The molecule has 0 aliphatic heterocycles. The third kappa shape index (κ3) is 5.19. The van der Waals surface area contributed by atoms with Crippen molar-refractivity contribution >= 4 is 35.0 Å². The van der Waals surface area contributed by atoms with E-state index < -0.39 is 6.67 Å². The Kier molecular flexibility index (Phi) is 7.71. The molecule has 0 radical (unpaired) electrons. The van der Waals surface area contributed by atoms with Crippen molar-refractivity contribution in [1.82, 2.24) is 14.8 Å². The highest BCUT2D eigenvalue weighted by atomic mass is 35.5. The van der Waals surface area contributed by atoms with E-state index in [4.69, 9.17) is 11.6 Å². The Bertz CT molecular complexity index is 683. The van der Waals surface area contributed by atoms with Crippen LogP contribution >= 0.6 is 23.4 Å². The number of aromatic nitrogens is 3. The number of rotatable bonds is 9. The van der Waals surface area contributed by atoms with Gasteiger partial charge in [0.15, 0.2) is 5.15 Å². The highest BCUT2D eigenvalue weighted by molar-refractivity contribution is 7.98. The topological polar surface area (TPSA) is 51.0 Å². The maximum Gasteiger partial charge on any atom is 0.230 e. The quantitative estimate of drug-likeness (QED) is 0.613. The van der Waals surface area contributed by atoms with Crippen LogP contribution in [0.3, 0.4) is 0 Å². The van der Waals surface area contributed by atoms with E-state index in [0.717, 1.165) is 5.69 Å². The second kappa shape index (κ2) is 9.77. The molecule has 0 aliphatic carbocycles. The normalized spacial score (nSPS) is 12.2. The van der Waals surface area contributed by atoms with Gasteiger partial charge in [0.2, 0.25) is 5.91 Å². The van der Waals surface area contributed by atoms with Gasteiger partial charge in [-0.2, -0.15) is 16.9 Å². The molecule has 136 valence electrons. The van der Waals surface area contributed by atoms with Crippen LogP contribution in [-0.4, -0.2) is 45.9 Å². The second-order valence-electron chi connectivity index (χ2n) is 5.70. The molecule has 2 aromatic rings. The molecule has 0 aromatic carbocycles. The molecule has 25 heavy (non-hydrogen) atoms. The smallest absolute Gasteiger partial charge is 0.230 e. The third-order valence-corrected chi connectivity index (χ3v) is 4.82. The number of thioether (sulfide) groups is 1. The lowest BCUT2D eigenvalue weighted by Gasteiger charge is -2.24. The molecular weight excluding hydrogens is 363 g/mol. The molecule has 1 atom stereocenters. The summed E-state index contributed by atoms with van der Waals surface area (Å²) in [6.45, 7) is 1.91. The lowest BCUT2D eigenvalue weighted by atomic mass is 10.1. The van der Waals surface area contributed by atoms with Gasteiger partial charge >= 0.3 is 0 Å².